The van der Waals surface area contributed by atoms with Crippen LogP contribution in [0.15, 0.2) is 54.6 Å². The van der Waals surface area contributed by atoms with Crippen LogP contribution in [0.1, 0.15) is 32.2 Å². The van der Waals surface area contributed by atoms with Gasteiger partial charge in [0.05, 0.1) is 11.1 Å². The number of fused-ring (bicyclic) bond motifs is 1. The normalized spacial score (nSPS) is 21.7. The van der Waals surface area contributed by atoms with Gasteiger partial charge in [-0.15, -0.1) is 0 Å². The van der Waals surface area contributed by atoms with Crippen molar-refractivity contribution < 1.29 is 14.4 Å². The second-order valence-corrected chi connectivity index (χ2v) is 7.05. The van der Waals surface area contributed by atoms with E-state index in [1.54, 1.807) is 29.2 Å². The highest BCUT2D eigenvalue weighted by Gasteiger charge is 2.40. The highest BCUT2D eigenvalue weighted by Crippen LogP contribution is 2.32. The van der Waals surface area contributed by atoms with Gasteiger partial charge in [0.15, 0.2) is 0 Å². The Balaban J connectivity index is 1.48. The minimum Gasteiger partial charge on any atom is -0.340 e. The number of rotatable bonds is 4. The molecule has 138 valence electrons. The highest BCUT2D eigenvalue weighted by atomic mass is 16.2. The topological polar surface area (TPSA) is 83.7 Å². The molecule has 0 bridgehead atoms. The summed E-state index contributed by atoms with van der Waals surface area (Å²) in [5.74, 6) is -0.696. The van der Waals surface area contributed by atoms with Crippen molar-refractivity contribution in [3.8, 4) is 0 Å². The smallest absolute Gasteiger partial charge is 0.262 e. The van der Waals surface area contributed by atoms with Gasteiger partial charge in [0, 0.05) is 19.0 Å². The first-order chi connectivity index (χ1) is 13.1. The number of nitrogens with zero attached hydrogens (tertiary/aromatic N) is 2. The van der Waals surface area contributed by atoms with E-state index < -0.39 is 11.8 Å². The summed E-state index contributed by atoms with van der Waals surface area (Å²) in [4.78, 5) is 40.5. The quantitative estimate of drug-likeness (QED) is 0.834. The fourth-order valence-corrected chi connectivity index (χ4v) is 4.01. The molecule has 0 aliphatic carbocycles. The molecule has 2 atom stereocenters. The molecule has 0 radical (unpaired) electrons. The number of carbonyl (C=O) groups excluding carboxylic acids is 3. The number of carbonyl (C=O) groups is 3. The van der Waals surface area contributed by atoms with Crippen molar-refractivity contribution in [3.05, 3.63) is 71.3 Å². The molecule has 6 nitrogen and oxygen atoms in total. The van der Waals surface area contributed by atoms with Crippen LogP contribution in [0.3, 0.4) is 0 Å². The molecule has 1 saturated heterocycles. The summed E-state index contributed by atoms with van der Waals surface area (Å²) in [6, 6.07) is 16.7. The van der Waals surface area contributed by atoms with E-state index >= 15 is 0 Å². The maximum atomic E-state index is 12.8. The largest absolute Gasteiger partial charge is 0.340 e. The zero-order valence-electron chi connectivity index (χ0n) is 14.9. The van der Waals surface area contributed by atoms with E-state index in [1.165, 1.54) is 0 Å². The maximum absolute atomic E-state index is 12.8. The van der Waals surface area contributed by atoms with Gasteiger partial charge >= 0.3 is 0 Å². The monoisotopic (exact) mass is 363 g/mol. The number of hydrogen-bond donors (Lipinski definition) is 1. The summed E-state index contributed by atoms with van der Waals surface area (Å²) in [5, 5.41) is 0. The number of nitrogens with two attached hydrogens (primary N) is 1. The lowest BCUT2D eigenvalue weighted by Gasteiger charge is -2.20. The van der Waals surface area contributed by atoms with Gasteiger partial charge in [-0.05, 0) is 30.2 Å². The Kier molecular flexibility index (Phi) is 4.49. The molecule has 27 heavy (non-hydrogen) atoms. The number of hydrogen-bond acceptors (Lipinski definition) is 4. The van der Waals surface area contributed by atoms with Crippen molar-refractivity contribution in [2.24, 2.45) is 11.7 Å². The van der Waals surface area contributed by atoms with Crippen LogP contribution in [0.2, 0.25) is 0 Å². The van der Waals surface area contributed by atoms with Crippen LogP contribution in [0.5, 0.6) is 0 Å². The van der Waals surface area contributed by atoms with Gasteiger partial charge < -0.3 is 10.6 Å². The Morgan fingerprint density at radius 1 is 0.926 bits per heavy atom. The average Bonchev–Trinajstić information content (AvgIpc) is 3.25. The third-order valence-corrected chi connectivity index (χ3v) is 5.50. The summed E-state index contributed by atoms with van der Waals surface area (Å²) in [6.07, 6.45) is 0. The minimum absolute atomic E-state index is 0.165. The van der Waals surface area contributed by atoms with E-state index in [4.69, 9.17) is 5.73 Å². The van der Waals surface area contributed by atoms with E-state index in [0.29, 0.717) is 30.8 Å². The zero-order valence-corrected chi connectivity index (χ0v) is 14.9. The molecule has 0 aromatic heterocycles. The van der Waals surface area contributed by atoms with Gasteiger partial charge in [0.1, 0.15) is 6.54 Å². The van der Waals surface area contributed by atoms with Gasteiger partial charge in [0.25, 0.3) is 11.8 Å². The molecular weight excluding hydrogens is 342 g/mol. The minimum atomic E-state index is -0.405. The fourth-order valence-electron chi connectivity index (χ4n) is 4.01. The SMILES string of the molecule is NC[C@@H]1CN(C(=O)CN2C(=O)c3ccccc3C2=O)C[C@H]1c1ccccc1. The standard InChI is InChI=1S/C21H21N3O3/c22-10-15-11-23(12-18(15)14-6-2-1-3-7-14)19(25)13-24-20(26)16-8-4-5-9-17(16)21(24)27/h1-9,15,18H,10-13,22H2/t15-,18+/m1/s1. The highest BCUT2D eigenvalue weighted by molar-refractivity contribution is 6.22. The Labute approximate surface area is 157 Å². The molecule has 6 heteroatoms. The van der Waals surface area contributed by atoms with Crippen LogP contribution in [0.25, 0.3) is 0 Å². The molecule has 0 unspecified atom stereocenters. The fraction of sp³-hybridized carbons (Fsp3) is 0.286. The molecule has 2 aliphatic rings. The maximum Gasteiger partial charge on any atom is 0.262 e. The summed E-state index contributed by atoms with van der Waals surface area (Å²) < 4.78 is 0. The summed E-state index contributed by atoms with van der Waals surface area (Å²) in [7, 11) is 0. The average molecular weight is 363 g/mol. The molecular formula is C21H21N3O3. The number of benzene rings is 2. The number of likely N-dealkylation sites (tertiary alicyclic amines) is 1. The van der Waals surface area contributed by atoms with E-state index in [1.807, 2.05) is 30.3 Å². The van der Waals surface area contributed by atoms with Crippen molar-refractivity contribution in [3.63, 3.8) is 0 Å². The van der Waals surface area contributed by atoms with Crippen molar-refractivity contribution in [2.75, 3.05) is 26.2 Å². The lowest BCUT2D eigenvalue weighted by molar-refractivity contribution is -0.130. The van der Waals surface area contributed by atoms with Crippen molar-refractivity contribution in [1.82, 2.24) is 9.80 Å². The molecule has 0 saturated carbocycles. The van der Waals surface area contributed by atoms with Crippen LogP contribution >= 0.6 is 0 Å². The van der Waals surface area contributed by atoms with Crippen LogP contribution in [-0.2, 0) is 4.79 Å². The number of imide groups is 1. The van der Waals surface area contributed by atoms with Crippen molar-refractivity contribution >= 4 is 17.7 Å². The molecule has 2 aromatic carbocycles. The summed E-state index contributed by atoms with van der Waals surface area (Å²) in [5.41, 5.74) is 7.81. The Morgan fingerprint density at radius 2 is 1.52 bits per heavy atom. The molecule has 4 rings (SSSR count). The zero-order chi connectivity index (χ0) is 19.0. The van der Waals surface area contributed by atoms with Gasteiger partial charge in [0.2, 0.25) is 5.91 Å². The Morgan fingerprint density at radius 3 is 2.11 bits per heavy atom. The van der Waals surface area contributed by atoms with Gasteiger partial charge in [-0.1, -0.05) is 42.5 Å². The van der Waals surface area contributed by atoms with E-state index in [-0.39, 0.29) is 24.3 Å². The Bertz CT molecular complexity index is 862. The first-order valence-electron chi connectivity index (χ1n) is 9.08. The van der Waals surface area contributed by atoms with Crippen molar-refractivity contribution in [1.29, 1.82) is 0 Å². The molecule has 3 amide bonds. The van der Waals surface area contributed by atoms with Crippen LogP contribution < -0.4 is 5.73 Å². The first-order valence-corrected chi connectivity index (χ1v) is 9.08. The van der Waals surface area contributed by atoms with Crippen LogP contribution in [0.4, 0.5) is 0 Å². The molecule has 2 N–H and O–H groups in total. The predicted molar refractivity (Wildman–Crippen MR) is 100 cm³/mol. The summed E-state index contributed by atoms with van der Waals surface area (Å²) in [6.45, 7) is 1.34. The van der Waals surface area contributed by atoms with Crippen LogP contribution in [0, 0.1) is 5.92 Å². The van der Waals surface area contributed by atoms with E-state index in [0.717, 1.165) is 10.5 Å². The lowest BCUT2D eigenvalue weighted by Crippen LogP contribution is -2.42. The van der Waals surface area contributed by atoms with E-state index in [9.17, 15) is 14.4 Å². The summed E-state index contributed by atoms with van der Waals surface area (Å²) >= 11 is 0. The predicted octanol–water partition coefficient (Wildman–Crippen LogP) is 1.48. The number of amides is 3. The molecule has 2 aromatic rings. The van der Waals surface area contributed by atoms with Gasteiger partial charge in [-0.25, -0.2) is 0 Å². The van der Waals surface area contributed by atoms with Crippen molar-refractivity contribution in [2.45, 2.75) is 5.92 Å². The Hall–Kier alpha value is -2.99. The first kappa shape index (κ1) is 17.4. The van der Waals surface area contributed by atoms with E-state index in [2.05, 4.69) is 0 Å². The third-order valence-electron chi connectivity index (χ3n) is 5.50. The second-order valence-electron chi connectivity index (χ2n) is 7.05. The molecule has 0 spiro atoms. The second kappa shape index (κ2) is 6.96. The third kappa shape index (κ3) is 3.02. The molecule has 1 fully saturated rings. The molecule has 2 aliphatic heterocycles. The van der Waals surface area contributed by atoms with Crippen LogP contribution in [-0.4, -0.2) is 53.7 Å². The lowest BCUT2D eigenvalue weighted by atomic mass is 9.89. The molecule has 2 heterocycles. The van der Waals surface area contributed by atoms with Gasteiger partial charge in [-0.3, -0.25) is 19.3 Å². The van der Waals surface area contributed by atoms with Gasteiger partial charge in [-0.2, -0.15) is 0 Å².